The van der Waals surface area contributed by atoms with Gasteiger partial charge in [-0.1, -0.05) is 6.58 Å². The predicted molar refractivity (Wildman–Crippen MR) is 57.9 cm³/mol. The molecule has 0 aromatic carbocycles. The van der Waals surface area contributed by atoms with E-state index in [-0.39, 0.29) is 0 Å². The lowest BCUT2D eigenvalue weighted by Gasteiger charge is -2.04. The highest BCUT2D eigenvalue weighted by molar-refractivity contribution is 5.81. The van der Waals surface area contributed by atoms with Gasteiger partial charge >= 0.3 is 0 Å². The summed E-state index contributed by atoms with van der Waals surface area (Å²) in [5.41, 5.74) is 13.4. The number of nitrogen functional groups attached to an aromatic ring is 1. The third kappa shape index (κ3) is 1.66. The van der Waals surface area contributed by atoms with Crippen molar-refractivity contribution in [3.05, 3.63) is 24.8 Å². The molecule has 6 heteroatoms. The van der Waals surface area contributed by atoms with E-state index >= 15 is 0 Å². The first-order valence-electron chi connectivity index (χ1n) is 4.50. The molecule has 0 radical (unpaired) electrons. The molecule has 2 aromatic heterocycles. The lowest BCUT2D eigenvalue weighted by atomic mass is 10.3. The van der Waals surface area contributed by atoms with Crippen LogP contribution in [0.4, 0.5) is 5.82 Å². The smallest absolute Gasteiger partial charge is 0.165 e. The normalized spacial score (nSPS) is 10.7. The van der Waals surface area contributed by atoms with Gasteiger partial charge in [-0.2, -0.15) is 0 Å². The van der Waals surface area contributed by atoms with Crippen molar-refractivity contribution < 1.29 is 0 Å². The summed E-state index contributed by atoms with van der Waals surface area (Å²) in [6, 6.07) is 0. The van der Waals surface area contributed by atoms with Crippen molar-refractivity contribution in [2.75, 3.05) is 12.3 Å². The third-order valence-electron chi connectivity index (χ3n) is 2.11. The lowest BCUT2D eigenvalue weighted by molar-refractivity contribution is 0.783. The van der Waals surface area contributed by atoms with Crippen LogP contribution in [-0.2, 0) is 6.54 Å². The molecule has 4 N–H and O–H groups in total. The molecular formula is C9H12N6. The Hall–Kier alpha value is -1.95. The zero-order valence-electron chi connectivity index (χ0n) is 8.22. The number of nitrogens with zero attached hydrogens (tertiary/aromatic N) is 4. The number of anilines is 1. The molecule has 0 fully saturated rings. The van der Waals surface area contributed by atoms with Crippen LogP contribution in [0.25, 0.3) is 11.2 Å². The average Bonchev–Trinajstić information content (AvgIpc) is 2.63. The Kier molecular flexibility index (Phi) is 2.34. The molecule has 78 valence electrons. The maximum Gasteiger partial charge on any atom is 0.165 e. The molecule has 2 heterocycles. The van der Waals surface area contributed by atoms with Crippen LogP contribution in [0.3, 0.4) is 0 Å². The number of nitrogens with two attached hydrogens (primary N) is 2. The van der Waals surface area contributed by atoms with Crippen molar-refractivity contribution in [1.82, 2.24) is 19.5 Å². The van der Waals surface area contributed by atoms with Crippen molar-refractivity contribution in [2.24, 2.45) is 5.73 Å². The van der Waals surface area contributed by atoms with E-state index in [9.17, 15) is 0 Å². The van der Waals surface area contributed by atoms with Gasteiger partial charge in [0.2, 0.25) is 0 Å². The van der Waals surface area contributed by atoms with Gasteiger partial charge in [0.05, 0.1) is 6.33 Å². The summed E-state index contributed by atoms with van der Waals surface area (Å²) in [5.74, 6) is 0.386. The largest absolute Gasteiger partial charge is 0.382 e. The molecule has 0 saturated heterocycles. The van der Waals surface area contributed by atoms with Crippen LogP contribution in [0.5, 0.6) is 0 Å². The highest BCUT2D eigenvalue weighted by Gasteiger charge is 2.07. The van der Waals surface area contributed by atoms with Gasteiger partial charge in [0.15, 0.2) is 11.5 Å². The Balaban J connectivity index is 2.45. The zero-order chi connectivity index (χ0) is 10.8. The summed E-state index contributed by atoms with van der Waals surface area (Å²) in [4.78, 5) is 12.1. The first-order valence-corrected chi connectivity index (χ1v) is 4.50. The fraction of sp³-hybridized carbons (Fsp3) is 0.222. The molecule has 2 rings (SSSR count). The lowest BCUT2D eigenvalue weighted by Crippen LogP contribution is -2.09. The quantitative estimate of drug-likeness (QED) is 0.682. The third-order valence-corrected chi connectivity index (χ3v) is 2.11. The van der Waals surface area contributed by atoms with Crippen LogP contribution < -0.4 is 11.5 Å². The van der Waals surface area contributed by atoms with Crippen LogP contribution in [-0.4, -0.2) is 26.1 Å². The van der Waals surface area contributed by atoms with Gasteiger partial charge in [-0.3, -0.25) is 0 Å². The zero-order valence-corrected chi connectivity index (χ0v) is 8.22. The summed E-state index contributed by atoms with van der Waals surface area (Å²) in [7, 11) is 0. The minimum absolute atomic E-state index is 0.386. The molecule has 0 amide bonds. The van der Waals surface area contributed by atoms with E-state index in [1.165, 1.54) is 6.33 Å². The highest BCUT2D eigenvalue weighted by atomic mass is 15.1. The SMILES string of the molecule is C=C(CN)Cn1cnc2c(N)ncnc21. The Morgan fingerprint density at radius 2 is 2.20 bits per heavy atom. The van der Waals surface area contributed by atoms with Crippen molar-refractivity contribution in [3.63, 3.8) is 0 Å². The Morgan fingerprint density at radius 3 is 2.93 bits per heavy atom. The first-order chi connectivity index (χ1) is 7.22. The van der Waals surface area contributed by atoms with Crippen LogP contribution in [0.2, 0.25) is 0 Å². The van der Waals surface area contributed by atoms with E-state index in [0.717, 1.165) is 5.57 Å². The average molecular weight is 204 g/mol. The van der Waals surface area contributed by atoms with Crippen LogP contribution in [0.1, 0.15) is 0 Å². The first kappa shape index (κ1) is 9.60. The van der Waals surface area contributed by atoms with E-state index in [4.69, 9.17) is 11.5 Å². The molecule has 0 aliphatic heterocycles. The van der Waals surface area contributed by atoms with Crippen molar-refractivity contribution in [2.45, 2.75) is 6.54 Å². The Bertz CT molecular complexity index is 500. The molecule has 6 nitrogen and oxygen atoms in total. The second-order valence-corrected chi connectivity index (χ2v) is 3.26. The number of rotatable bonds is 3. The summed E-state index contributed by atoms with van der Waals surface area (Å²) in [6.07, 6.45) is 3.08. The van der Waals surface area contributed by atoms with Gasteiger partial charge < -0.3 is 16.0 Å². The number of hydrogen-bond acceptors (Lipinski definition) is 5. The molecular weight excluding hydrogens is 192 g/mol. The van der Waals surface area contributed by atoms with E-state index in [1.807, 2.05) is 4.57 Å². The number of fused-ring (bicyclic) bond motifs is 1. The summed E-state index contributed by atoms with van der Waals surface area (Å²) >= 11 is 0. The molecule has 0 saturated carbocycles. The fourth-order valence-electron chi connectivity index (χ4n) is 1.32. The summed E-state index contributed by atoms with van der Waals surface area (Å²) in [5, 5.41) is 0. The Labute approximate surface area is 86.6 Å². The van der Waals surface area contributed by atoms with Gasteiger partial charge in [-0.05, 0) is 5.57 Å². The van der Waals surface area contributed by atoms with Crippen LogP contribution in [0.15, 0.2) is 24.8 Å². The number of aromatic nitrogens is 4. The second-order valence-electron chi connectivity index (χ2n) is 3.26. The van der Waals surface area contributed by atoms with Gasteiger partial charge in [0.1, 0.15) is 11.8 Å². The number of imidazole rings is 1. The summed E-state index contributed by atoms with van der Waals surface area (Å²) in [6.45, 7) is 4.87. The van der Waals surface area contributed by atoms with Crippen LogP contribution in [0, 0.1) is 0 Å². The van der Waals surface area contributed by atoms with E-state index < -0.39 is 0 Å². The fourth-order valence-corrected chi connectivity index (χ4v) is 1.32. The van der Waals surface area contributed by atoms with Gasteiger partial charge in [0, 0.05) is 13.1 Å². The molecule has 2 aromatic rings. The van der Waals surface area contributed by atoms with E-state index in [1.54, 1.807) is 6.33 Å². The maximum atomic E-state index is 5.66. The predicted octanol–water partition coefficient (Wildman–Crippen LogP) is -0.0766. The highest BCUT2D eigenvalue weighted by Crippen LogP contribution is 2.14. The van der Waals surface area contributed by atoms with Crippen LogP contribution >= 0.6 is 0 Å². The van der Waals surface area contributed by atoms with Gasteiger partial charge in [-0.25, -0.2) is 15.0 Å². The second kappa shape index (κ2) is 3.66. The van der Waals surface area contributed by atoms with Gasteiger partial charge in [-0.15, -0.1) is 0 Å². The van der Waals surface area contributed by atoms with Crippen molar-refractivity contribution >= 4 is 17.0 Å². The monoisotopic (exact) mass is 204 g/mol. The van der Waals surface area contributed by atoms with Crippen molar-refractivity contribution in [1.29, 1.82) is 0 Å². The van der Waals surface area contributed by atoms with Gasteiger partial charge in [0.25, 0.3) is 0 Å². The Morgan fingerprint density at radius 1 is 1.40 bits per heavy atom. The standard InChI is InChI=1S/C9H12N6/c1-6(2-10)3-15-5-14-7-8(11)12-4-13-9(7)15/h4-5H,1-3,10H2,(H2,11,12,13). The summed E-state index contributed by atoms with van der Waals surface area (Å²) < 4.78 is 1.85. The van der Waals surface area contributed by atoms with Crippen molar-refractivity contribution in [3.8, 4) is 0 Å². The maximum absolute atomic E-state index is 5.66. The molecule has 15 heavy (non-hydrogen) atoms. The minimum atomic E-state index is 0.386. The number of hydrogen-bond donors (Lipinski definition) is 2. The molecule has 0 spiro atoms. The minimum Gasteiger partial charge on any atom is -0.382 e. The molecule has 0 aliphatic rings. The molecule has 0 atom stereocenters. The molecule has 0 unspecified atom stereocenters. The topological polar surface area (TPSA) is 95.6 Å². The molecule has 0 bridgehead atoms. The van der Waals surface area contributed by atoms with E-state index in [2.05, 4.69) is 21.5 Å². The molecule has 0 aliphatic carbocycles. The van der Waals surface area contributed by atoms with E-state index in [0.29, 0.717) is 30.1 Å².